The quantitative estimate of drug-likeness (QED) is 0.836. The Hall–Kier alpha value is -1.58. The molecular weight excluding hydrogens is 267 g/mol. The zero-order chi connectivity index (χ0) is 14.7. The molecule has 1 aliphatic heterocycles. The predicted octanol–water partition coefficient (Wildman–Crippen LogP) is 3.05. The molecule has 3 rings (SSSR count). The highest BCUT2D eigenvalue weighted by atomic mass is 19.1. The molecule has 0 radical (unpaired) electrons. The number of hydrogen-bond acceptors (Lipinski definition) is 2. The van der Waals surface area contributed by atoms with Gasteiger partial charge in [-0.25, -0.2) is 4.39 Å². The minimum Gasteiger partial charge on any atom is -0.368 e. The summed E-state index contributed by atoms with van der Waals surface area (Å²) in [6.07, 6.45) is 5.78. The van der Waals surface area contributed by atoms with Gasteiger partial charge in [0.15, 0.2) is 0 Å². The highest BCUT2D eigenvalue weighted by molar-refractivity contribution is 5.79. The van der Waals surface area contributed by atoms with Gasteiger partial charge in [0.2, 0.25) is 5.91 Å². The van der Waals surface area contributed by atoms with Crippen LogP contribution in [0.15, 0.2) is 24.3 Å². The second kappa shape index (κ2) is 6.46. The maximum Gasteiger partial charge on any atom is 0.225 e. The molecule has 3 nitrogen and oxygen atoms in total. The first-order valence-corrected chi connectivity index (χ1v) is 8.03. The van der Waals surface area contributed by atoms with Crippen LogP contribution < -0.4 is 4.90 Å². The Labute approximate surface area is 125 Å². The third kappa shape index (κ3) is 3.36. The Morgan fingerprint density at radius 2 is 1.76 bits per heavy atom. The van der Waals surface area contributed by atoms with E-state index < -0.39 is 0 Å². The minimum absolute atomic E-state index is 0.201. The molecule has 1 aromatic rings. The van der Waals surface area contributed by atoms with Gasteiger partial charge >= 0.3 is 0 Å². The fourth-order valence-electron chi connectivity index (χ4n) is 3.47. The lowest BCUT2D eigenvalue weighted by atomic mass is 9.88. The molecule has 0 spiro atoms. The summed E-state index contributed by atoms with van der Waals surface area (Å²) in [7, 11) is 0. The molecule has 1 aromatic carbocycles. The molecule has 1 saturated heterocycles. The number of piperazine rings is 1. The zero-order valence-electron chi connectivity index (χ0n) is 12.4. The van der Waals surface area contributed by atoms with Gasteiger partial charge < -0.3 is 9.80 Å². The number of benzene rings is 1. The Kier molecular flexibility index (Phi) is 4.42. The van der Waals surface area contributed by atoms with Gasteiger partial charge in [-0.15, -0.1) is 0 Å². The summed E-state index contributed by atoms with van der Waals surface area (Å²) >= 11 is 0. The number of nitrogens with zero attached hydrogens (tertiary/aromatic N) is 2. The highest BCUT2D eigenvalue weighted by Gasteiger charge is 2.28. The maximum atomic E-state index is 13.3. The van der Waals surface area contributed by atoms with E-state index in [1.807, 2.05) is 11.0 Å². The normalized spacial score (nSPS) is 20.6. The molecule has 0 N–H and O–H groups in total. The van der Waals surface area contributed by atoms with Crippen LogP contribution in [0.4, 0.5) is 10.1 Å². The average Bonchev–Trinajstić information content (AvgIpc) is 2.55. The zero-order valence-corrected chi connectivity index (χ0v) is 12.4. The summed E-state index contributed by atoms with van der Waals surface area (Å²) < 4.78 is 13.3. The summed E-state index contributed by atoms with van der Waals surface area (Å²) in [4.78, 5) is 16.7. The molecule has 0 aromatic heterocycles. The van der Waals surface area contributed by atoms with Gasteiger partial charge in [0, 0.05) is 37.8 Å². The monoisotopic (exact) mass is 290 g/mol. The SMILES string of the molecule is O=C(C1CCCCC1)N1CCN(c2cccc(F)c2)CC1. The second-order valence-electron chi connectivity index (χ2n) is 6.13. The molecule has 2 fully saturated rings. The topological polar surface area (TPSA) is 23.6 Å². The summed E-state index contributed by atoms with van der Waals surface area (Å²) in [5.41, 5.74) is 0.916. The van der Waals surface area contributed by atoms with Crippen molar-refractivity contribution in [2.45, 2.75) is 32.1 Å². The first-order valence-electron chi connectivity index (χ1n) is 8.03. The van der Waals surface area contributed by atoms with E-state index in [9.17, 15) is 9.18 Å². The van der Waals surface area contributed by atoms with Crippen LogP contribution in [0, 0.1) is 11.7 Å². The van der Waals surface area contributed by atoms with Crippen molar-refractivity contribution in [3.63, 3.8) is 0 Å². The van der Waals surface area contributed by atoms with Crippen LogP contribution in [0.1, 0.15) is 32.1 Å². The summed E-state index contributed by atoms with van der Waals surface area (Å²) in [5, 5.41) is 0. The molecule has 4 heteroatoms. The molecule has 1 amide bonds. The van der Waals surface area contributed by atoms with Gasteiger partial charge in [-0.2, -0.15) is 0 Å². The van der Waals surface area contributed by atoms with E-state index in [2.05, 4.69) is 4.90 Å². The molecule has 0 unspecified atom stereocenters. The van der Waals surface area contributed by atoms with Crippen LogP contribution in [-0.2, 0) is 4.79 Å². The van der Waals surface area contributed by atoms with E-state index >= 15 is 0 Å². The van der Waals surface area contributed by atoms with Crippen LogP contribution in [0.25, 0.3) is 0 Å². The number of hydrogen-bond donors (Lipinski definition) is 0. The summed E-state index contributed by atoms with van der Waals surface area (Å²) in [5.74, 6) is 0.390. The van der Waals surface area contributed by atoms with Crippen molar-refractivity contribution in [2.75, 3.05) is 31.1 Å². The van der Waals surface area contributed by atoms with Gasteiger partial charge in [0.1, 0.15) is 5.82 Å². The minimum atomic E-state index is -0.201. The van der Waals surface area contributed by atoms with Crippen molar-refractivity contribution in [2.24, 2.45) is 5.92 Å². The Morgan fingerprint density at radius 3 is 2.43 bits per heavy atom. The maximum absolute atomic E-state index is 13.3. The van der Waals surface area contributed by atoms with E-state index in [-0.39, 0.29) is 11.7 Å². The van der Waals surface area contributed by atoms with Gasteiger partial charge in [0.05, 0.1) is 0 Å². The Bertz CT molecular complexity index is 491. The van der Waals surface area contributed by atoms with Crippen LogP contribution in [0.2, 0.25) is 0 Å². The van der Waals surface area contributed by atoms with Crippen molar-refractivity contribution < 1.29 is 9.18 Å². The number of rotatable bonds is 2. The third-order valence-electron chi connectivity index (χ3n) is 4.72. The van der Waals surface area contributed by atoms with Gasteiger partial charge in [-0.1, -0.05) is 25.3 Å². The molecule has 0 bridgehead atoms. The van der Waals surface area contributed by atoms with Crippen molar-refractivity contribution in [3.05, 3.63) is 30.1 Å². The standard InChI is InChI=1S/C17H23FN2O/c18-15-7-4-8-16(13-15)19-9-11-20(12-10-19)17(21)14-5-2-1-3-6-14/h4,7-8,13-14H,1-3,5-6,9-12H2. The third-order valence-corrected chi connectivity index (χ3v) is 4.72. The number of anilines is 1. The van der Waals surface area contributed by atoms with Crippen molar-refractivity contribution in [1.29, 1.82) is 0 Å². The van der Waals surface area contributed by atoms with E-state index in [4.69, 9.17) is 0 Å². The molecule has 114 valence electrons. The fourth-order valence-corrected chi connectivity index (χ4v) is 3.47. The fraction of sp³-hybridized carbons (Fsp3) is 0.588. The lowest BCUT2D eigenvalue weighted by molar-refractivity contribution is -0.136. The van der Waals surface area contributed by atoms with Crippen molar-refractivity contribution in [3.8, 4) is 0 Å². The lowest BCUT2D eigenvalue weighted by Crippen LogP contribution is -2.50. The number of carbonyl (C=O) groups excluding carboxylic acids is 1. The molecular formula is C17H23FN2O. The van der Waals surface area contributed by atoms with E-state index in [1.165, 1.54) is 25.3 Å². The van der Waals surface area contributed by atoms with Crippen molar-refractivity contribution in [1.82, 2.24) is 4.90 Å². The van der Waals surface area contributed by atoms with Gasteiger partial charge in [-0.3, -0.25) is 4.79 Å². The van der Waals surface area contributed by atoms with Crippen LogP contribution in [-0.4, -0.2) is 37.0 Å². The largest absolute Gasteiger partial charge is 0.368 e. The molecule has 2 aliphatic rings. The van der Waals surface area contributed by atoms with Crippen LogP contribution in [0.5, 0.6) is 0 Å². The lowest BCUT2D eigenvalue weighted by Gasteiger charge is -2.38. The smallest absolute Gasteiger partial charge is 0.225 e. The molecule has 1 saturated carbocycles. The first kappa shape index (κ1) is 14.4. The Morgan fingerprint density at radius 1 is 1.05 bits per heavy atom. The van der Waals surface area contributed by atoms with E-state index in [0.717, 1.165) is 44.7 Å². The second-order valence-corrected chi connectivity index (χ2v) is 6.13. The van der Waals surface area contributed by atoms with Crippen LogP contribution in [0.3, 0.4) is 0 Å². The molecule has 21 heavy (non-hydrogen) atoms. The van der Waals surface area contributed by atoms with E-state index in [0.29, 0.717) is 5.91 Å². The van der Waals surface area contributed by atoms with Gasteiger partial charge in [-0.05, 0) is 31.0 Å². The van der Waals surface area contributed by atoms with Crippen LogP contribution >= 0.6 is 0 Å². The average molecular weight is 290 g/mol. The van der Waals surface area contributed by atoms with Crippen molar-refractivity contribution >= 4 is 11.6 Å². The molecule has 0 atom stereocenters. The Balaban J connectivity index is 1.56. The van der Waals surface area contributed by atoms with Gasteiger partial charge in [0.25, 0.3) is 0 Å². The summed E-state index contributed by atoms with van der Waals surface area (Å²) in [6, 6.07) is 6.71. The molecule has 1 heterocycles. The molecule has 1 aliphatic carbocycles. The van der Waals surface area contributed by atoms with E-state index in [1.54, 1.807) is 12.1 Å². The first-order chi connectivity index (χ1) is 10.2. The number of amides is 1. The highest BCUT2D eigenvalue weighted by Crippen LogP contribution is 2.26. The number of halogens is 1. The number of carbonyl (C=O) groups is 1. The summed E-state index contributed by atoms with van der Waals surface area (Å²) in [6.45, 7) is 3.10. The predicted molar refractivity (Wildman–Crippen MR) is 81.8 cm³/mol.